The summed E-state index contributed by atoms with van der Waals surface area (Å²) in [5, 5.41) is -0.456. The highest BCUT2D eigenvalue weighted by Gasteiger charge is 2.37. The van der Waals surface area contributed by atoms with E-state index in [1.54, 1.807) is 24.2 Å². The minimum atomic E-state index is -0.477. The molecule has 35 heavy (non-hydrogen) atoms. The number of rotatable bonds is 7. The van der Waals surface area contributed by atoms with Crippen LogP contribution in [0.2, 0.25) is 0 Å². The van der Waals surface area contributed by atoms with Gasteiger partial charge in [-0.1, -0.05) is 29.8 Å². The van der Waals surface area contributed by atoms with Crippen LogP contribution in [0.5, 0.6) is 11.5 Å². The van der Waals surface area contributed by atoms with E-state index in [2.05, 4.69) is 22.6 Å². The van der Waals surface area contributed by atoms with Gasteiger partial charge in [-0.25, -0.2) is 0 Å². The number of nitrogens with zero attached hydrogens (tertiary/aromatic N) is 2. The second-order valence-corrected chi connectivity index (χ2v) is 10.2. The molecule has 0 N–H and O–H groups in total. The topological polar surface area (TPSA) is 85.4 Å². The normalized spacial score (nSPS) is 17.3. The Labute approximate surface area is 221 Å². The van der Waals surface area contributed by atoms with Gasteiger partial charge >= 0.3 is 0 Å². The van der Waals surface area contributed by atoms with E-state index in [0.29, 0.717) is 50.0 Å². The van der Waals surface area contributed by atoms with Gasteiger partial charge in [0.2, 0.25) is 5.91 Å². The molecular formula is C25H25IN2O6S. The molecule has 2 saturated heterocycles. The predicted molar refractivity (Wildman–Crippen MR) is 141 cm³/mol. The summed E-state index contributed by atoms with van der Waals surface area (Å²) < 4.78 is 17.6. The summed E-state index contributed by atoms with van der Waals surface area (Å²) in [6.07, 6.45) is 1.64. The van der Waals surface area contributed by atoms with Gasteiger partial charge in [0.15, 0.2) is 11.5 Å². The Morgan fingerprint density at radius 2 is 1.89 bits per heavy atom. The highest BCUT2D eigenvalue weighted by molar-refractivity contribution is 14.1. The van der Waals surface area contributed by atoms with E-state index in [4.69, 9.17) is 14.2 Å². The number of ether oxygens (including phenoxy) is 3. The highest BCUT2D eigenvalue weighted by Crippen LogP contribution is 2.37. The van der Waals surface area contributed by atoms with Crippen LogP contribution in [0.15, 0.2) is 41.3 Å². The Kier molecular flexibility index (Phi) is 8.34. The molecule has 2 aromatic rings. The Bertz CT molecular complexity index is 1160. The van der Waals surface area contributed by atoms with Gasteiger partial charge in [-0.05, 0) is 70.6 Å². The van der Waals surface area contributed by atoms with Gasteiger partial charge in [0.05, 0.1) is 28.8 Å². The summed E-state index contributed by atoms with van der Waals surface area (Å²) in [5.74, 6) is 0.394. The zero-order valence-corrected chi connectivity index (χ0v) is 22.4. The first-order chi connectivity index (χ1) is 16.9. The molecule has 0 atom stereocenters. The van der Waals surface area contributed by atoms with E-state index in [-0.39, 0.29) is 17.4 Å². The second kappa shape index (κ2) is 11.4. The van der Waals surface area contributed by atoms with Gasteiger partial charge in [0, 0.05) is 13.1 Å². The Morgan fingerprint density at radius 1 is 1.17 bits per heavy atom. The molecule has 0 bridgehead atoms. The van der Waals surface area contributed by atoms with E-state index in [0.717, 1.165) is 25.8 Å². The second-order valence-electron chi connectivity index (χ2n) is 8.07. The van der Waals surface area contributed by atoms with Crippen molar-refractivity contribution in [3.8, 4) is 11.5 Å². The van der Waals surface area contributed by atoms with Crippen molar-refractivity contribution in [2.45, 2.75) is 13.5 Å². The number of aryl methyl sites for hydroxylation is 1. The molecule has 8 nitrogen and oxygen atoms in total. The van der Waals surface area contributed by atoms with Crippen molar-refractivity contribution in [1.29, 1.82) is 0 Å². The first-order valence-corrected chi connectivity index (χ1v) is 12.9. The molecule has 10 heteroatoms. The SMILES string of the molecule is COc1cc(/C=C2/SC(=O)N(CC(=O)N3CCOCC3)C2=O)cc(I)c1OCc1ccc(C)cc1. The van der Waals surface area contributed by atoms with Gasteiger partial charge in [-0.15, -0.1) is 0 Å². The average molecular weight is 608 g/mol. The molecule has 0 aliphatic carbocycles. The lowest BCUT2D eigenvalue weighted by atomic mass is 10.1. The number of halogens is 1. The summed E-state index contributed by atoms with van der Waals surface area (Å²) in [6.45, 7) is 3.99. The summed E-state index contributed by atoms with van der Waals surface area (Å²) in [4.78, 5) is 40.8. The molecule has 0 saturated carbocycles. The Morgan fingerprint density at radius 3 is 2.57 bits per heavy atom. The lowest BCUT2D eigenvalue weighted by molar-refractivity contribution is -0.139. The molecule has 3 amide bonds. The van der Waals surface area contributed by atoms with Gasteiger partial charge in [0.1, 0.15) is 13.2 Å². The molecule has 184 valence electrons. The van der Waals surface area contributed by atoms with Gasteiger partial charge in [-0.3, -0.25) is 19.3 Å². The molecule has 0 spiro atoms. The molecule has 2 aliphatic rings. The number of carbonyl (C=O) groups is 3. The summed E-state index contributed by atoms with van der Waals surface area (Å²) in [7, 11) is 1.55. The molecule has 2 fully saturated rings. The van der Waals surface area contributed by atoms with Gasteiger partial charge < -0.3 is 19.1 Å². The van der Waals surface area contributed by atoms with Crippen molar-refractivity contribution < 1.29 is 28.6 Å². The Hall–Kier alpha value is -2.57. The lowest BCUT2D eigenvalue weighted by Gasteiger charge is -2.28. The largest absolute Gasteiger partial charge is 0.493 e. The Balaban J connectivity index is 1.47. The average Bonchev–Trinajstić information content (AvgIpc) is 3.11. The fourth-order valence-electron chi connectivity index (χ4n) is 3.64. The fourth-order valence-corrected chi connectivity index (χ4v) is 5.26. The minimum absolute atomic E-state index is 0.260. The van der Waals surface area contributed by atoms with E-state index < -0.39 is 11.1 Å². The first-order valence-electron chi connectivity index (χ1n) is 11.0. The van der Waals surface area contributed by atoms with Crippen molar-refractivity contribution in [1.82, 2.24) is 9.80 Å². The number of imide groups is 1. The number of morpholine rings is 1. The van der Waals surface area contributed by atoms with Crippen LogP contribution in [0.3, 0.4) is 0 Å². The standard InChI is InChI=1S/C25H25IN2O6S/c1-16-3-5-17(6-4-16)15-34-23-19(26)11-18(12-20(23)32-2)13-21-24(30)28(25(31)35-21)14-22(29)27-7-9-33-10-8-27/h3-6,11-13H,7-10,14-15H2,1-2H3/b21-13+. The number of hydrogen-bond donors (Lipinski definition) is 0. The summed E-state index contributed by atoms with van der Waals surface area (Å²) in [5.41, 5.74) is 2.91. The van der Waals surface area contributed by atoms with Crippen molar-refractivity contribution in [2.75, 3.05) is 40.0 Å². The minimum Gasteiger partial charge on any atom is -0.493 e. The van der Waals surface area contributed by atoms with Crippen LogP contribution >= 0.6 is 34.4 Å². The zero-order valence-electron chi connectivity index (χ0n) is 19.4. The van der Waals surface area contributed by atoms with Crippen LogP contribution < -0.4 is 9.47 Å². The molecular weight excluding hydrogens is 583 g/mol. The van der Waals surface area contributed by atoms with Crippen molar-refractivity contribution in [3.05, 3.63) is 61.6 Å². The van der Waals surface area contributed by atoms with Crippen LogP contribution in [0.4, 0.5) is 4.79 Å². The molecule has 0 aromatic heterocycles. The van der Waals surface area contributed by atoms with Crippen LogP contribution in [0, 0.1) is 10.5 Å². The predicted octanol–water partition coefficient (Wildman–Crippen LogP) is 4.08. The lowest BCUT2D eigenvalue weighted by Crippen LogP contribution is -2.46. The number of carbonyl (C=O) groups excluding carboxylic acids is 3. The molecule has 0 unspecified atom stereocenters. The van der Waals surface area contributed by atoms with E-state index >= 15 is 0 Å². The van der Waals surface area contributed by atoms with Crippen molar-refractivity contribution >= 4 is 57.5 Å². The quantitative estimate of drug-likeness (QED) is 0.346. The molecule has 4 rings (SSSR count). The number of amides is 3. The molecule has 2 aromatic carbocycles. The van der Waals surface area contributed by atoms with E-state index in [1.807, 2.05) is 37.3 Å². The maximum absolute atomic E-state index is 12.9. The van der Waals surface area contributed by atoms with Crippen LogP contribution in [0.1, 0.15) is 16.7 Å². The highest BCUT2D eigenvalue weighted by atomic mass is 127. The van der Waals surface area contributed by atoms with E-state index in [1.165, 1.54) is 5.56 Å². The van der Waals surface area contributed by atoms with E-state index in [9.17, 15) is 14.4 Å². The van der Waals surface area contributed by atoms with Crippen LogP contribution in [0.25, 0.3) is 6.08 Å². The summed E-state index contributed by atoms with van der Waals surface area (Å²) in [6, 6.07) is 11.7. The monoisotopic (exact) mass is 608 g/mol. The smallest absolute Gasteiger partial charge is 0.294 e. The van der Waals surface area contributed by atoms with Crippen LogP contribution in [-0.4, -0.2) is 66.8 Å². The summed E-state index contributed by atoms with van der Waals surface area (Å²) >= 11 is 2.99. The molecule has 2 aliphatic heterocycles. The fraction of sp³-hybridized carbons (Fsp3) is 0.320. The molecule has 2 heterocycles. The first kappa shape index (κ1) is 25.5. The molecule has 0 radical (unpaired) electrons. The maximum Gasteiger partial charge on any atom is 0.294 e. The third-order valence-corrected chi connectivity index (χ3v) is 7.29. The third kappa shape index (κ3) is 6.17. The number of methoxy groups -OCH3 is 1. The zero-order chi connectivity index (χ0) is 24.9. The maximum atomic E-state index is 12.9. The van der Waals surface area contributed by atoms with Gasteiger partial charge in [-0.2, -0.15) is 0 Å². The van der Waals surface area contributed by atoms with Gasteiger partial charge in [0.25, 0.3) is 11.1 Å². The van der Waals surface area contributed by atoms with Crippen molar-refractivity contribution in [2.24, 2.45) is 0 Å². The third-order valence-electron chi connectivity index (χ3n) is 5.58. The van der Waals surface area contributed by atoms with Crippen LogP contribution in [-0.2, 0) is 20.9 Å². The number of thioether (sulfide) groups is 1. The number of benzene rings is 2. The number of hydrogen-bond acceptors (Lipinski definition) is 7. The van der Waals surface area contributed by atoms with Crippen molar-refractivity contribution in [3.63, 3.8) is 0 Å².